The van der Waals surface area contributed by atoms with Gasteiger partial charge in [0.15, 0.2) is 0 Å². The highest BCUT2D eigenvalue weighted by atomic mass is 32.2. The Hall–Kier alpha value is -1.31. The van der Waals surface area contributed by atoms with Crippen LogP contribution in [0.15, 0.2) is 29.2 Å². The van der Waals surface area contributed by atoms with Crippen molar-refractivity contribution >= 4 is 10.1 Å². The maximum atomic E-state index is 12.1. The van der Waals surface area contributed by atoms with Gasteiger partial charge < -0.3 is 53.1 Å². The second-order valence-electron chi connectivity index (χ2n) is 9.00. The molecule has 1 aromatic carbocycles. The van der Waals surface area contributed by atoms with E-state index in [4.69, 9.17) is 57.3 Å². The van der Waals surface area contributed by atoms with Crippen LogP contribution in [0.1, 0.15) is 5.56 Å². The highest BCUT2D eigenvalue weighted by molar-refractivity contribution is 7.86. The zero-order valence-electron chi connectivity index (χ0n) is 26.2. The predicted molar refractivity (Wildman–Crippen MR) is 162 cm³/mol. The van der Waals surface area contributed by atoms with Crippen molar-refractivity contribution in [3.8, 4) is 0 Å². The van der Waals surface area contributed by atoms with Crippen LogP contribution in [0.25, 0.3) is 0 Å². The number of rotatable bonds is 34. The molecular weight excluding hydrogens is 602 g/mol. The van der Waals surface area contributed by atoms with Crippen molar-refractivity contribution in [2.75, 3.05) is 145 Å². The van der Waals surface area contributed by atoms with Gasteiger partial charge in [-0.05, 0) is 19.1 Å². The molecule has 0 fully saturated rings. The Morgan fingerprint density at radius 2 is 0.682 bits per heavy atom. The molecule has 258 valence electrons. The topological polar surface area (TPSA) is 162 Å². The smallest absolute Gasteiger partial charge is 0.297 e. The first-order valence-corrected chi connectivity index (χ1v) is 16.4. The van der Waals surface area contributed by atoms with Gasteiger partial charge in [-0.15, -0.1) is 0 Å². The molecule has 0 unspecified atom stereocenters. The fourth-order valence-electron chi connectivity index (χ4n) is 3.14. The molecule has 0 atom stereocenters. The monoisotopic (exact) mass is 655 g/mol. The predicted octanol–water partition coefficient (Wildman–Crippen LogP) is 0.825. The van der Waals surface area contributed by atoms with E-state index in [0.29, 0.717) is 132 Å². The van der Waals surface area contributed by atoms with Gasteiger partial charge in [-0.2, -0.15) is 8.42 Å². The summed E-state index contributed by atoms with van der Waals surface area (Å²) in [6.45, 7) is 11.6. The van der Waals surface area contributed by atoms with Crippen LogP contribution in [0, 0.1) is 6.92 Å². The number of hydrogen-bond acceptors (Lipinski definition) is 14. The van der Waals surface area contributed by atoms with Crippen LogP contribution in [0.5, 0.6) is 0 Å². The summed E-state index contributed by atoms with van der Waals surface area (Å²) < 4.78 is 83.0. The minimum absolute atomic E-state index is 0.0588. The third-order valence-corrected chi connectivity index (χ3v) is 6.71. The second-order valence-corrected chi connectivity index (χ2v) is 10.6. The maximum absolute atomic E-state index is 12.1. The molecule has 15 heteroatoms. The summed E-state index contributed by atoms with van der Waals surface area (Å²) >= 11 is 0. The van der Waals surface area contributed by atoms with Gasteiger partial charge in [0, 0.05) is 6.54 Å². The molecular formula is C29H53NO13S. The lowest BCUT2D eigenvalue weighted by Crippen LogP contribution is -2.16. The Balaban J connectivity index is 1.69. The summed E-state index contributed by atoms with van der Waals surface area (Å²) in [5, 5.41) is 0. The summed E-state index contributed by atoms with van der Waals surface area (Å²) in [6.07, 6.45) is 0. The lowest BCUT2D eigenvalue weighted by molar-refractivity contribution is -0.0266. The van der Waals surface area contributed by atoms with Crippen LogP contribution in [-0.2, 0) is 61.7 Å². The van der Waals surface area contributed by atoms with E-state index in [2.05, 4.69) is 0 Å². The van der Waals surface area contributed by atoms with Gasteiger partial charge in [-0.1, -0.05) is 17.7 Å². The number of hydrogen-bond donors (Lipinski definition) is 1. The van der Waals surface area contributed by atoms with E-state index in [-0.39, 0.29) is 18.1 Å². The molecule has 1 rings (SSSR count). The van der Waals surface area contributed by atoms with E-state index in [1.807, 2.05) is 6.92 Å². The minimum atomic E-state index is -3.77. The second kappa shape index (κ2) is 30.3. The normalized spacial score (nSPS) is 11.9. The third-order valence-electron chi connectivity index (χ3n) is 5.39. The van der Waals surface area contributed by atoms with Crippen LogP contribution >= 0.6 is 0 Å². The van der Waals surface area contributed by atoms with E-state index in [0.717, 1.165) is 5.56 Å². The summed E-state index contributed by atoms with van der Waals surface area (Å²) in [7, 11) is -3.77. The summed E-state index contributed by atoms with van der Waals surface area (Å²) in [6, 6.07) is 6.48. The molecule has 0 heterocycles. The van der Waals surface area contributed by atoms with Gasteiger partial charge in [0.1, 0.15) is 0 Å². The van der Waals surface area contributed by atoms with Gasteiger partial charge in [0.2, 0.25) is 0 Å². The van der Waals surface area contributed by atoms with Crippen LogP contribution < -0.4 is 5.73 Å². The van der Waals surface area contributed by atoms with Crippen molar-refractivity contribution in [2.24, 2.45) is 5.73 Å². The molecule has 2 N–H and O–H groups in total. The zero-order chi connectivity index (χ0) is 31.8. The van der Waals surface area contributed by atoms with Gasteiger partial charge in [-0.3, -0.25) is 4.18 Å². The van der Waals surface area contributed by atoms with E-state index in [1.54, 1.807) is 12.1 Å². The molecule has 14 nitrogen and oxygen atoms in total. The summed E-state index contributed by atoms with van der Waals surface area (Å²) in [5.41, 5.74) is 6.30. The lowest BCUT2D eigenvalue weighted by Gasteiger charge is -2.09. The van der Waals surface area contributed by atoms with Crippen molar-refractivity contribution in [1.82, 2.24) is 0 Å². The van der Waals surface area contributed by atoms with Gasteiger partial charge >= 0.3 is 0 Å². The lowest BCUT2D eigenvalue weighted by atomic mass is 10.2. The third kappa shape index (κ3) is 26.0. The van der Waals surface area contributed by atoms with Crippen LogP contribution in [0.2, 0.25) is 0 Å². The largest absolute Gasteiger partial charge is 0.378 e. The van der Waals surface area contributed by atoms with Crippen molar-refractivity contribution < 1.29 is 60.0 Å². The van der Waals surface area contributed by atoms with Gasteiger partial charge in [-0.25, -0.2) is 0 Å². The highest BCUT2D eigenvalue weighted by Crippen LogP contribution is 2.12. The van der Waals surface area contributed by atoms with Crippen LogP contribution in [-0.4, -0.2) is 154 Å². The number of ether oxygens (including phenoxy) is 10. The molecule has 0 spiro atoms. The van der Waals surface area contributed by atoms with E-state index in [9.17, 15) is 8.42 Å². The first-order valence-electron chi connectivity index (χ1n) is 15.0. The maximum Gasteiger partial charge on any atom is 0.297 e. The first kappa shape index (κ1) is 40.7. The molecule has 0 aliphatic heterocycles. The zero-order valence-corrected chi connectivity index (χ0v) is 27.0. The van der Waals surface area contributed by atoms with Crippen molar-refractivity contribution in [1.29, 1.82) is 0 Å². The van der Waals surface area contributed by atoms with E-state index >= 15 is 0 Å². The minimum Gasteiger partial charge on any atom is -0.378 e. The molecule has 0 saturated carbocycles. The summed E-state index contributed by atoms with van der Waals surface area (Å²) in [4.78, 5) is 0.128. The first-order chi connectivity index (χ1) is 21.6. The number of benzene rings is 1. The summed E-state index contributed by atoms with van der Waals surface area (Å²) in [5.74, 6) is 0. The SMILES string of the molecule is Cc1ccc(S(=O)(=O)OCCOCCOCCOCCOCCOCCOCCOCCOCCOCCOCCN)cc1. The number of nitrogens with two attached hydrogens (primary N) is 1. The van der Waals surface area contributed by atoms with Gasteiger partial charge in [0.05, 0.1) is 144 Å². The fraction of sp³-hybridized carbons (Fsp3) is 0.793. The number of aryl methyl sites for hydroxylation is 1. The Bertz CT molecular complexity index is 846. The quantitative estimate of drug-likeness (QED) is 0.0821. The fourth-order valence-corrected chi connectivity index (χ4v) is 4.03. The van der Waals surface area contributed by atoms with Crippen molar-refractivity contribution in [3.05, 3.63) is 29.8 Å². The van der Waals surface area contributed by atoms with E-state index in [1.165, 1.54) is 12.1 Å². The van der Waals surface area contributed by atoms with Gasteiger partial charge in [0.25, 0.3) is 10.1 Å². The molecule has 0 aromatic heterocycles. The molecule has 44 heavy (non-hydrogen) atoms. The Morgan fingerprint density at radius 1 is 0.432 bits per heavy atom. The average Bonchev–Trinajstić information content (AvgIpc) is 3.02. The Morgan fingerprint density at radius 3 is 0.955 bits per heavy atom. The van der Waals surface area contributed by atoms with Crippen LogP contribution in [0.3, 0.4) is 0 Å². The Kier molecular flexibility index (Phi) is 28.1. The van der Waals surface area contributed by atoms with Crippen molar-refractivity contribution in [3.63, 3.8) is 0 Å². The molecule has 0 radical (unpaired) electrons. The van der Waals surface area contributed by atoms with E-state index < -0.39 is 10.1 Å². The average molecular weight is 656 g/mol. The molecule has 1 aromatic rings. The van der Waals surface area contributed by atoms with Crippen molar-refractivity contribution in [2.45, 2.75) is 11.8 Å². The molecule has 0 aliphatic carbocycles. The van der Waals surface area contributed by atoms with Crippen LogP contribution in [0.4, 0.5) is 0 Å². The Labute approximate surface area is 262 Å². The molecule has 0 aliphatic rings. The molecule has 0 bridgehead atoms. The molecule has 0 saturated heterocycles. The molecule has 0 amide bonds. The highest BCUT2D eigenvalue weighted by Gasteiger charge is 2.14. The standard InChI is InChI=1S/C29H53NO13S/c1-28-2-4-29(5-3-28)44(31,32)43-27-26-42-25-24-41-23-22-40-21-20-39-19-18-38-17-16-37-15-14-36-13-12-35-11-10-34-9-8-33-7-6-30/h2-5H,6-27,30H2,1H3.